The van der Waals surface area contributed by atoms with E-state index >= 15 is 0 Å². The van der Waals surface area contributed by atoms with E-state index in [4.69, 9.17) is 0 Å². The van der Waals surface area contributed by atoms with E-state index in [9.17, 15) is 18.8 Å². The summed E-state index contributed by atoms with van der Waals surface area (Å²) in [6.07, 6.45) is 1.35. The van der Waals surface area contributed by atoms with Crippen molar-refractivity contribution < 1.29 is 18.8 Å². The van der Waals surface area contributed by atoms with Crippen LogP contribution in [0.3, 0.4) is 0 Å². The number of carbonyl (C=O) groups is 3. The lowest BCUT2D eigenvalue weighted by Crippen LogP contribution is -2.49. The number of aromatic nitrogens is 1. The van der Waals surface area contributed by atoms with Crippen molar-refractivity contribution in [2.45, 2.75) is 51.7 Å². The third-order valence-electron chi connectivity index (χ3n) is 5.26. The Hall–Kier alpha value is -4.07. The smallest absolute Gasteiger partial charge is 0.247 e. The van der Waals surface area contributed by atoms with Crippen molar-refractivity contribution in [1.29, 1.82) is 0 Å². The molecule has 0 bridgehead atoms. The first-order chi connectivity index (χ1) is 17.1. The summed E-state index contributed by atoms with van der Waals surface area (Å²) in [5, 5.41) is 5.60. The molecule has 3 rings (SSSR count). The van der Waals surface area contributed by atoms with Crippen LogP contribution >= 0.6 is 0 Å². The molecular weight excluding hydrogens is 459 g/mol. The van der Waals surface area contributed by atoms with E-state index in [1.54, 1.807) is 24.4 Å². The average Bonchev–Trinajstić information content (AvgIpc) is 2.83. The lowest BCUT2D eigenvalue weighted by atomic mass is 10.00. The molecule has 2 N–H and O–H groups in total. The zero-order valence-electron chi connectivity index (χ0n) is 20.7. The van der Waals surface area contributed by atoms with E-state index in [0.29, 0.717) is 11.4 Å². The molecule has 2 aromatic carbocycles. The van der Waals surface area contributed by atoms with Gasteiger partial charge in [0.05, 0.1) is 0 Å². The first kappa shape index (κ1) is 26.5. The second-order valence-corrected chi connectivity index (χ2v) is 9.46. The number of hydrogen-bond donors (Lipinski definition) is 2. The molecule has 0 fully saturated rings. The molecule has 3 aromatic rings. The van der Waals surface area contributed by atoms with Crippen LogP contribution in [0, 0.1) is 5.82 Å². The van der Waals surface area contributed by atoms with Gasteiger partial charge in [0.25, 0.3) is 0 Å². The quantitative estimate of drug-likeness (QED) is 0.458. The van der Waals surface area contributed by atoms with E-state index in [0.717, 1.165) is 5.56 Å². The van der Waals surface area contributed by atoms with E-state index in [1.165, 1.54) is 29.2 Å². The molecule has 188 valence electrons. The topological polar surface area (TPSA) is 91.4 Å². The molecular formula is C28H31FN4O3. The lowest BCUT2D eigenvalue weighted by molar-refractivity contribution is -0.142. The number of hydrogen-bond acceptors (Lipinski definition) is 4. The molecule has 0 saturated carbocycles. The van der Waals surface area contributed by atoms with Gasteiger partial charge in [-0.3, -0.25) is 14.4 Å². The van der Waals surface area contributed by atoms with Crippen LogP contribution in [-0.4, -0.2) is 33.1 Å². The van der Waals surface area contributed by atoms with Gasteiger partial charge in [0.1, 0.15) is 17.7 Å². The van der Waals surface area contributed by atoms with Crippen LogP contribution < -0.4 is 10.6 Å². The van der Waals surface area contributed by atoms with Gasteiger partial charge in [-0.25, -0.2) is 9.37 Å². The number of nitrogens with one attached hydrogen (secondary N) is 2. The van der Waals surface area contributed by atoms with Crippen molar-refractivity contribution in [1.82, 2.24) is 15.2 Å². The van der Waals surface area contributed by atoms with Crippen LogP contribution in [0.4, 0.5) is 10.2 Å². The minimum absolute atomic E-state index is 0.0856. The second-order valence-electron chi connectivity index (χ2n) is 9.46. The monoisotopic (exact) mass is 490 g/mol. The lowest BCUT2D eigenvalue weighted by Gasteiger charge is -2.34. The van der Waals surface area contributed by atoms with Gasteiger partial charge in [-0.05, 0) is 56.2 Å². The normalized spacial score (nSPS) is 11.9. The fourth-order valence-electron chi connectivity index (χ4n) is 3.67. The minimum atomic E-state index is -1.02. The van der Waals surface area contributed by atoms with Gasteiger partial charge in [0.2, 0.25) is 17.7 Å². The Morgan fingerprint density at radius 1 is 0.917 bits per heavy atom. The van der Waals surface area contributed by atoms with Crippen LogP contribution in [-0.2, 0) is 20.9 Å². The molecule has 0 aliphatic rings. The maximum absolute atomic E-state index is 13.7. The third-order valence-corrected chi connectivity index (χ3v) is 5.26. The number of nitrogens with zero attached hydrogens (tertiary/aromatic N) is 2. The first-order valence-corrected chi connectivity index (χ1v) is 11.7. The zero-order valence-corrected chi connectivity index (χ0v) is 20.7. The maximum atomic E-state index is 13.7. The molecule has 1 heterocycles. The highest BCUT2D eigenvalue weighted by Crippen LogP contribution is 2.26. The van der Waals surface area contributed by atoms with E-state index in [2.05, 4.69) is 15.6 Å². The molecule has 0 spiro atoms. The van der Waals surface area contributed by atoms with Crippen LogP contribution in [0.15, 0.2) is 79.0 Å². The molecule has 0 saturated heterocycles. The Morgan fingerprint density at radius 2 is 1.58 bits per heavy atom. The number of anilines is 1. The molecule has 0 aliphatic carbocycles. The van der Waals surface area contributed by atoms with Gasteiger partial charge in [-0.15, -0.1) is 0 Å². The van der Waals surface area contributed by atoms with Crippen molar-refractivity contribution in [3.05, 3.63) is 95.9 Å². The SMILES string of the molecule is CC(C)(C)NC(=O)C(c1ccc(F)cc1)N(Cc1ccccc1)C(=O)CCC(=O)Nc1ccccn1. The van der Waals surface area contributed by atoms with Crippen molar-refractivity contribution in [3.8, 4) is 0 Å². The van der Waals surface area contributed by atoms with E-state index < -0.39 is 23.3 Å². The number of halogens is 1. The fourth-order valence-corrected chi connectivity index (χ4v) is 3.67. The predicted octanol–water partition coefficient (Wildman–Crippen LogP) is 4.62. The zero-order chi connectivity index (χ0) is 26.1. The van der Waals surface area contributed by atoms with Gasteiger partial charge in [0.15, 0.2) is 0 Å². The molecule has 36 heavy (non-hydrogen) atoms. The largest absolute Gasteiger partial charge is 0.349 e. The molecule has 0 radical (unpaired) electrons. The number of carbonyl (C=O) groups excluding carboxylic acids is 3. The van der Waals surface area contributed by atoms with Gasteiger partial charge in [0, 0.05) is 31.1 Å². The second kappa shape index (κ2) is 12.1. The minimum Gasteiger partial charge on any atom is -0.349 e. The standard InChI is InChI=1S/C28H31FN4O3/c1-28(2,3)32-27(36)26(21-12-14-22(29)15-13-21)33(19-20-9-5-4-6-10-20)25(35)17-16-24(34)31-23-11-7-8-18-30-23/h4-15,18,26H,16-17,19H2,1-3H3,(H,32,36)(H,30,31,34). The van der Waals surface area contributed by atoms with E-state index in [-0.39, 0.29) is 31.2 Å². The van der Waals surface area contributed by atoms with Crippen molar-refractivity contribution >= 4 is 23.5 Å². The highest BCUT2D eigenvalue weighted by atomic mass is 19.1. The highest BCUT2D eigenvalue weighted by molar-refractivity contribution is 5.94. The first-order valence-electron chi connectivity index (χ1n) is 11.7. The van der Waals surface area contributed by atoms with E-state index in [1.807, 2.05) is 51.1 Å². The fraction of sp³-hybridized carbons (Fsp3) is 0.286. The Kier molecular flexibility index (Phi) is 8.89. The molecule has 1 aromatic heterocycles. The summed E-state index contributed by atoms with van der Waals surface area (Å²) in [4.78, 5) is 45.0. The highest BCUT2D eigenvalue weighted by Gasteiger charge is 2.33. The van der Waals surface area contributed by atoms with Crippen LogP contribution in [0.25, 0.3) is 0 Å². The molecule has 3 amide bonds. The number of benzene rings is 2. The Morgan fingerprint density at radius 3 is 2.19 bits per heavy atom. The Labute approximate surface area is 210 Å². The molecule has 1 unspecified atom stereocenters. The van der Waals surface area contributed by atoms with Gasteiger partial charge in [-0.1, -0.05) is 48.5 Å². The molecule has 1 atom stereocenters. The summed E-state index contributed by atoms with van der Waals surface area (Å²) in [6, 6.07) is 18.9. The van der Waals surface area contributed by atoms with Crippen molar-refractivity contribution in [2.24, 2.45) is 0 Å². The third kappa shape index (κ3) is 8.01. The van der Waals surface area contributed by atoms with Gasteiger partial charge < -0.3 is 15.5 Å². The number of pyridine rings is 1. The number of amides is 3. The molecule has 0 aliphatic heterocycles. The average molecular weight is 491 g/mol. The van der Waals surface area contributed by atoms with Gasteiger partial charge in [-0.2, -0.15) is 0 Å². The molecule has 7 nitrogen and oxygen atoms in total. The summed E-state index contributed by atoms with van der Waals surface area (Å²) in [5.74, 6) is -1.19. The summed E-state index contributed by atoms with van der Waals surface area (Å²) in [7, 11) is 0. The van der Waals surface area contributed by atoms with Crippen LogP contribution in [0.1, 0.15) is 50.8 Å². The Bertz CT molecular complexity index is 1160. The van der Waals surface area contributed by atoms with Crippen molar-refractivity contribution in [2.75, 3.05) is 5.32 Å². The summed E-state index contributed by atoms with van der Waals surface area (Å²) >= 11 is 0. The molecule has 8 heteroatoms. The summed E-state index contributed by atoms with van der Waals surface area (Å²) < 4.78 is 13.7. The van der Waals surface area contributed by atoms with Crippen LogP contribution in [0.2, 0.25) is 0 Å². The van der Waals surface area contributed by atoms with Gasteiger partial charge >= 0.3 is 0 Å². The predicted molar refractivity (Wildman–Crippen MR) is 136 cm³/mol. The number of rotatable bonds is 9. The van der Waals surface area contributed by atoms with Crippen molar-refractivity contribution in [3.63, 3.8) is 0 Å². The summed E-state index contributed by atoms with van der Waals surface area (Å²) in [6.45, 7) is 5.68. The maximum Gasteiger partial charge on any atom is 0.247 e. The summed E-state index contributed by atoms with van der Waals surface area (Å²) in [5.41, 5.74) is 0.735. The Balaban J connectivity index is 1.88. The van der Waals surface area contributed by atoms with Crippen LogP contribution in [0.5, 0.6) is 0 Å².